The second kappa shape index (κ2) is 8.67. The minimum Gasteiger partial charge on any atom is -0.350 e. The molecule has 7 nitrogen and oxygen atoms in total. The molecule has 1 aliphatic rings. The Morgan fingerprint density at radius 3 is 2.77 bits per heavy atom. The Kier molecular flexibility index (Phi) is 5.81. The van der Waals surface area contributed by atoms with Crippen LogP contribution in [-0.4, -0.2) is 45.8 Å². The number of nitrogens with zero attached hydrogens (tertiary/aromatic N) is 3. The van der Waals surface area contributed by atoms with Crippen LogP contribution in [0.5, 0.6) is 0 Å². The van der Waals surface area contributed by atoms with Gasteiger partial charge in [-0.05, 0) is 48.9 Å². The Balaban J connectivity index is 1.37. The van der Waals surface area contributed by atoms with Gasteiger partial charge in [0.1, 0.15) is 0 Å². The molecule has 1 aliphatic heterocycles. The Morgan fingerprint density at radius 1 is 1.20 bits per heavy atom. The van der Waals surface area contributed by atoms with Crippen molar-refractivity contribution < 1.29 is 9.59 Å². The fraction of sp³-hybridized carbons (Fsp3) is 0.273. The Bertz CT molecular complexity index is 1090. The highest BCUT2D eigenvalue weighted by Crippen LogP contribution is 2.21. The molecule has 30 heavy (non-hydrogen) atoms. The Hall–Kier alpha value is -3.19. The highest BCUT2D eigenvalue weighted by molar-refractivity contribution is 6.31. The van der Waals surface area contributed by atoms with E-state index in [1.165, 1.54) is 0 Å². The van der Waals surface area contributed by atoms with Crippen molar-refractivity contribution in [2.75, 3.05) is 23.7 Å². The van der Waals surface area contributed by atoms with Gasteiger partial charge < -0.3 is 15.5 Å². The van der Waals surface area contributed by atoms with Crippen LogP contribution in [0.3, 0.4) is 0 Å². The number of hydrogen-bond acceptors (Lipinski definition) is 5. The van der Waals surface area contributed by atoms with Gasteiger partial charge in [0.2, 0.25) is 11.9 Å². The second-order valence-electron chi connectivity index (χ2n) is 7.26. The maximum Gasteiger partial charge on any atom is 0.253 e. The van der Waals surface area contributed by atoms with Gasteiger partial charge in [0.15, 0.2) is 0 Å². The quantitative estimate of drug-likeness (QED) is 0.648. The van der Waals surface area contributed by atoms with E-state index in [1.54, 1.807) is 43.5 Å². The number of carbonyl (C=O) groups is 2. The largest absolute Gasteiger partial charge is 0.350 e. The zero-order chi connectivity index (χ0) is 21.1. The molecule has 8 heteroatoms. The predicted molar refractivity (Wildman–Crippen MR) is 118 cm³/mol. The summed E-state index contributed by atoms with van der Waals surface area (Å²) in [6.07, 6.45) is 2.98. The lowest BCUT2D eigenvalue weighted by atomic mass is 10.2. The van der Waals surface area contributed by atoms with Crippen LogP contribution in [0.15, 0.2) is 48.7 Å². The van der Waals surface area contributed by atoms with Crippen LogP contribution in [0.2, 0.25) is 5.02 Å². The zero-order valence-corrected chi connectivity index (χ0v) is 17.3. The summed E-state index contributed by atoms with van der Waals surface area (Å²) in [6, 6.07) is 12.6. The fourth-order valence-corrected chi connectivity index (χ4v) is 3.63. The highest BCUT2D eigenvalue weighted by atomic mass is 35.5. The molecule has 1 atom stereocenters. The molecule has 2 amide bonds. The van der Waals surface area contributed by atoms with E-state index in [1.807, 2.05) is 17.0 Å². The molecule has 0 aliphatic carbocycles. The molecule has 2 heterocycles. The number of nitrogens with one attached hydrogen (secondary N) is 2. The first-order valence-corrected chi connectivity index (χ1v) is 10.3. The van der Waals surface area contributed by atoms with E-state index in [9.17, 15) is 9.59 Å². The molecule has 3 aromatic rings. The Morgan fingerprint density at radius 2 is 2.00 bits per heavy atom. The summed E-state index contributed by atoms with van der Waals surface area (Å²) in [5.74, 6) is 0.462. The van der Waals surface area contributed by atoms with Crippen LogP contribution in [0.1, 0.15) is 30.1 Å². The molecular formula is C22H22ClN5O2. The first kappa shape index (κ1) is 20.1. The fourth-order valence-electron chi connectivity index (χ4n) is 3.45. The number of fused-ring (bicyclic) bond motifs is 1. The number of aromatic nitrogens is 2. The van der Waals surface area contributed by atoms with Gasteiger partial charge in [-0.25, -0.2) is 9.97 Å². The number of benzene rings is 2. The minimum atomic E-state index is -0.0541. The lowest BCUT2D eigenvalue weighted by Crippen LogP contribution is -2.31. The number of anilines is 2. The van der Waals surface area contributed by atoms with Crippen LogP contribution in [0.4, 0.5) is 11.6 Å². The molecule has 1 aromatic heterocycles. The molecule has 0 bridgehead atoms. The highest BCUT2D eigenvalue weighted by Gasteiger charge is 2.27. The Labute approximate surface area is 179 Å². The number of halogens is 1. The predicted octanol–water partition coefficient (Wildman–Crippen LogP) is 3.96. The van der Waals surface area contributed by atoms with Gasteiger partial charge in [-0.1, -0.05) is 18.5 Å². The number of rotatable bonds is 5. The first-order valence-electron chi connectivity index (χ1n) is 9.90. The van der Waals surface area contributed by atoms with Gasteiger partial charge in [0.25, 0.3) is 5.91 Å². The van der Waals surface area contributed by atoms with Crippen LogP contribution >= 0.6 is 11.6 Å². The van der Waals surface area contributed by atoms with Gasteiger partial charge in [-0.15, -0.1) is 0 Å². The van der Waals surface area contributed by atoms with Crippen LogP contribution in [-0.2, 0) is 4.79 Å². The molecule has 4 rings (SSSR count). The van der Waals surface area contributed by atoms with Gasteiger partial charge in [-0.3, -0.25) is 9.59 Å². The lowest BCUT2D eigenvalue weighted by molar-refractivity contribution is -0.115. The van der Waals surface area contributed by atoms with Gasteiger partial charge in [0.05, 0.1) is 5.52 Å². The molecular weight excluding hydrogens is 402 g/mol. The molecule has 0 spiro atoms. The first-order chi connectivity index (χ1) is 14.5. The summed E-state index contributed by atoms with van der Waals surface area (Å²) >= 11 is 6.00. The topological polar surface area (TPSA) is 87.2 Å². The average Bonchev–Trinajstić information content (AvgIpc) is 3.22. The number of hydrogen-bond donors (Lipinski definition) is 2. The third-order valence-electron chi connectivity index (χ3n) is 5.09. The van der Waals surface area contributed by atoms with Crippen molar-refractivity contribution in [1.29, 1.82) is 0 Å². The SMILES string of the molecule is CCC(=O)Nc1ccc(C(=O)N2CCC(Nc3ncc4cc(Cl)ccc4n3)C2)cc1. The number of amides is 2. The summed E-state index contributed by atoms with van der Waals surface area (Å²) in [6.45, 7) is 3.03. The van der Waals surface area contributed by atoms with Crippen molar-refractivity contribution in [2.24, 2.45) is 0 Å². The molecule has 1 unspecified atom stereocenters. The van der Waals surface area contributed by atoms with E-state index in [2.05, 4.69) is 20.6 Å². The van der Waals surface area contributed by atoms with E-state index < -0.39 is 0 Å². The van der Waals surface area contributed by atoms with Crippen LogP contribution in [0, 0.1) is 0 Å². The lowest BCUT2D eigenvalue weighted by Gasteiger charge is -2.17. The minimum absolute atomic E-state index is 0.0262. The molecule has 1 fully saturated rings. The monoisotopic (exact) mass is 423 g/mol. The molecule has 2 aromatic carbocycles. The normalized spacial score (nSPS) is 15.9. The molecule has 0 radical (unpaired) electrons. The van der Waals surface area contributed by atoms with Crippen molar-refractivity contribution in [3.8, 4) is 0 Å². The third kappa shape index (κ3) is 4.52. The summed E-state index contributed by atoms with van der Waals surface area (Å²) < 4.78 is 0. The smallest absolute Gasteiger partial charge is 0.253 e. The molecule has 0 saturated carbocycles. The van der Waals surface area contributed by atoms with Crippen molar-refractivity contribution in [1.82, 2.24) is 14.9 Å². The van der Waals surface area contributed by atoms with E-state index >= 15 is 0 Å². The van der Waals surface area contributed by atoms with Gasteiger partial charge >= 0.3 is 0 Å². The number of carbonyl (C=O) groups excluding carboxylic acids is 2. The maximum atomic E-state index is 12.8. The van der Waals surface area contributed by atoms with Crippen molar-refractivity contribution in [2.45, 2.75) is 25.8 Å². The van der Waals surface area contributed by atoms with Crippen molar-refractivity contribution in [3.05, 3.63) is 59.2 Å². The molecule has 1 saturated heterocycles. The van der Waals surface area contributed by atoms with E-state index in [0.29, 0.717) is 41.7 Å². The van der Waals surface area contributed by atoms with E-state index in [-0.39, 0.29) is 17.9 Å². The maximum absolute atomic E-state index is 12.8. The molecule has 154 valence electrons. The van der Waals surface area contributed by atoms with Crippen LogP contribution < -0.4 is 10.6 Å². The summed E-state index contributed by atoms with van der Waals surface area (Å²) in [5, 5.41) is 7.64. The van der Waals surface area contributed by atoms with Gasteiger partial charge in [-0.2, -0.15) is 0 Å². The van der Waals surface area contributed by atoms with Gasteiger partial charge in [0, 0.05) is 53.4 Å². The summed E-state index contributed by atoms with van der Waals surface area (Å²) in [7, 11) is 0. The molecule has 2 N–H and O–H groups in total. The number of likely N-dealkylation sites (tertiary alicyclic amines) is 1. The zero-order valence-electron chi connectivity index (χ0n) is 16.6. The van der Waals surface area contributed by atoms with Crippen LogP contribution in [0.25, 0.3) is 10.9 Å². The average molecular weight is 424 g/mol. The summed E-state index contributed by atoms with van der Waals surface area (Å²) in [4.78, 5) is 35.0. The third-order valence-corrected chi connectivity index (χ3v) is 5.32. The van der Waals surface area contributed by atoms with Crippen molar-refractivity contribution in [3.63, 3.8) is 0 Å². The van der Waals surface area contributed by atoms with E-state index in [4.69, 9.17) is 11.6 Å². The second-order valence-corrected chi connectivity index (χ2v) is 7.69. The van der Waals surface area contributed by atoms with E-state index in [0.717, 1.165) is 17.3 Å². The van der Waals surface area contributed by atoms with Crippen molar-refractivity contribution >= 4 is 46.0 Å². The standard InChI is InChI=1S/C22H22ClN5O2/c1-2-20(29)25-17-6-3-14(4-7-17)21(30)28-10-9-18(13-28)26-22-24-12-15-11-16(23)5-8-19(15)27-22/h3-8,11-12,18H,2,9-10,13H2,1H3,(H,25,29)(H,24,26,27). The summed E-state index contributed by atoms with van der Waals surface area (Å²) in [5.41, 5.74) is 2.11.